The van der Waals surface area contributed by atoms with Crippen molar-refractivity contribution in [1.29, 1.82) is 0 Å². The van der Waals surface area contributed by atoms with Crippen LogP contribution in [0.1, 0.15) is 51.3 Å². The molecule has 150 valence electrons. The van der Waals surface area contributed by atoms with Crippen LogP contribution in [0.2, 0.25) is 0 Å². The van der Waals surface area contributed by atoms with Crippen molar-refractivity contribution in [2.75, 3.05) is 17.6 Å². The first-order valence-electron chi connectivity index (χ1n) is 9.46. The van der Waals surface area contributed by atoms with Gasteiger partial charge in [0, 0.05) is 23.3 Å². The van der Waals surface area contributed by atoms with Crippen LogP contribution in [0.25, 0.3) is 0 Å². The molecule has 2 aromatic carbocycles. The third-order valence-electron chi connectivity index (χ3n) is 4.96. The summed E-state index contributed by atoms with van der Waals surface area (Å²) in [4.78, 5) is 24.4. The van der Waals surface area contributed by atoms with Gasteiger partial charge >= 0.3 is 11.8 Å². The second-order valence-corrected chi connectivity index (χ2v) is 8.92. The third kappa shape index (κ3) is 5.35. The fourth-order valence-electron chi connectivity index (χ4n) is 2.85. The Bertz CT molecular complexity index is 862. The van der Waals surface area contributed by atoms with Crippen LogP contribution < -0.4 is 16.4 Å². The van der Waals surface area contributed by atoms with Gasteiger partial charge in [-0.1, -0.05) is 58.9 Å². The Morgan fingerprint density at radius 3 is 2.00 bits per heavy atom. The van der Waals surface area contributed by atoms with Crippen molar-refractivity contribution in [3.05, 3.63) is 59.2 Å². The lowest BCUT2D eigenvalue weighted by Gasteiger charge is -2.27. The van der Waals surface area contributed by atoms with Crippen molar-refractivity contribution in [3.8, 4) is 0 Å². The Morgan fingerprint density at radius 1 is 0.893 bits per heavy atom. The summed E-state index contributed by atoms with van der Waals surface area (Å²) in [6, 6.07) is 13.5. The van der Waals surface area contributed by atoms with E-state index in [0.29, 0.717) is 17.9 Å². The van der Waals surface area contributed by atoms with E-state index >= 15 is 0 Å². The highest BCUT2D eigenvalue weighted by atomic mass is 16.2. The fraction of sp³-hybridized carbons (Fsp3) is 0.391. The standard InChI is InChI=1S/C23H31N3O2/c1-15-13-18(11-12-19(15)24)26-21(28)20(27)25-14-23(5,6)17-9-7-16(8-10-17)22(2,3)4/h7-13H,14,24H2,1-6H3,(H,25,27)(H,26,28). The highest BCUT2D eigenvalue weighted by molar-refractivity contribution is 6.39. The summed E-state index contributed by atoms with van der Waals surface area (Å²) in [6.07, 6.45) is 0. The number of aryl methyl sites for hydroxylation is 1. The molecule has 28 heavy (non-hydrogen) atoms. The van der Waals surface area contributed by atoms with E-state index in [1.54, 1.807) is 18.2 Å². The van der Waals surface area contributed by atoms with Crippen LogP contribution >= 0.6 is 0 Å². The molecule has 0 aliphatic rings. The van der Waals surface area contributed by atoms with Crippen LogP contribution in [0.5, 0.6) is 0 Å². The van der Waals surface area contributed by atoms with Crippen LogP contribution in [0.4, 0.5) is 11.4 Å². The van der Waals surface area contributed by atoms with Crippen LogP contribution in [-0.2, 0) is 20.4 Å². The van der Waals surface area contributed by atoms with Gasteiger partial charge in [0.15, 0.2) is 0 Å². The lowest BCUT2D eigenvalue weighted by molar-refractivity contribution is -0.136. The number of amides is 2. The van der Waals surface area contributed by atoms with Gasteiger partial charge in [-0.25, -0.2) is 0 Å². The highest BCUT2D eigenvalue weighted by Crippen LogP contribution is 2.27. The molecule has 0 radical (unpaired) electrons. The van der Waals surface area contributed by atoms with Crippen molar-refractivity contribution in [3.63, 3.8) is 0 Å². The summed E-state index contributed by atoms with van der Waals surface area (Å²) >= 11 is 0. The molecule has 0 fully saturated rings. The molecule has 0 bridgehead atoms. The zero-order chi connectivity index (χ0) is 21.1. The third-order valence-corrected chi connectivity index (χ3v) is 4.96. The van der Waals surface area contributed by atoms with E-state index < -0.39 is 11.8 Å². The van der Waals surface area contributed by atoms with E-state index in [4.69, 9.17) is 5.73 Å². The Balaban J connectivity index is 1.98. The molecular formula is C23H31N3O2. The van der Waals surface area contributed by atoms with Gasteiger partial charge in [-0.05, 0) is 47.2 Å². The van der Waals surface area contributed by atoms with Gasteiger partial charge in [-0.3, -0.25) is 9.59 Å². The van der Waals surface area contributed by atoms with Gasteiger partial charge in [0.2, 0.25) is 0 Å². The van der Waals surface area contributed by atoms with E-state index in [-0.39, 0.29) is 10.8 Å². The van der Waals surface area contributed by atoms with E-state index in [0.717, 1.165) is 11.1 Å². The maximum Gasteiger partial charge on any atom is 0.313 e. The maximum absolute atomic E-state index is 12.2. The van der Waals surface area contributed by atoms with Crippen molar-refractivity contribution in [1.82, 2.24) is 5.32 Å². The van der Waals surface area contributed by atoms with Crippen molar-refractivity contribution >= 4 is 23.2 Å². The molecule has 2 aromatic rings. The summed E-state index contributed by atoms with van der Waals surface area (Å²) < 4.78 is 0. The van der Waals surface area contributed by atoms with Crippen LogP contribution in [0.15, 0.2) is 42.5 Å². The van der Waals surface area contributed by atoms with Gasteiger partial charge < -0.3 is 16.4 Å². The van der Waals surface area contributed by atoms with E-state index in [1.165, 1.54) is 5.56 Å². The molecule has 0 saturated heterocycles. The normalized spacial score (nSPS) is 11.8. The summed E-state index contributed by atoms with van der Waals surface area (Å²) in [5.41, 5.74) is 9.96. The predicted molar refractivity (Wildman–Crippen MR) is 115 cm³/mol. The number of nitrogens with one attached hydrogen (secondary N) is 2. The van der Waals surface area contributed by atoms with E-state index in [9.17, 15) is 9.59 Å². The average molecular weight is 382 g/mol. The molecule has 0 aliphatic heterocycles. The molecular weight excluding hydrogens is 350 g/mol. The Hall–Kier alpha value is -2.82. The van der Waals surface area contributed by atoms with E-state index in [2.05, 4.69) is 55.7 Å². The van der Waals surface area contributed by atoms with Crippen molar-refractivity contribution in [2.45, 2.75) is 52.4 Å². The summed E-state index contributed by atoms with van der Waals surface area (Å²) in [5.74, 6) is -1.35. The molecule has 2 rings (SSSR count). The maximum atomic E-state index is 12.2. The van der Waals surface area contributed by atoms with Crippen LogP contribution in [0, 0.1) is 6.92 Å². The Kier molecular flexibility index (Phi) is 6.17. The SMILES string of the molecule is Cc1cc(NC(=O)C(=O)NCC(C)(C)c2ccc(C(C)(C)C)cc2)ccc1N. The summed E-state index contributed by atoms with van der Waals surface area (Å²) in [6.45, 7) is 12.8. The lowest BCUT2D eigenvalue weighted by atomic mass is 9.81. The number of benzene rings is 2. The van der Waals surface area contributed by atoms with Crippen molar-refractivity contribution < 1.29 is 9.59 Å². The van der Waals surface area contributed by atoms with Gasteiger partial charge in [0.25, 0.3) is 0 Å². The lowest BCUT2D eigenvalue weighted by Crippen LogP contribution is -2.42. The van der Waals surface area contributed by atoms with Gasteiger partial charge in [-0.2, -0.15) is 0 Å². The first-order valence-corrected chi connectivity index (χ1v) is 9.46. The number of hydrogen-bond donors (Lipinski definition) is 3. The number of carbonyl (C=O) groups excluding carboxylic acids is 2. The zero-order valence-corrected chi connectivity index (χ0v) is 17.6. The van der Waals surface area contributed by atoms with E-state index in [1.807, 2.05) is 20.8 Å². The van der Waals surface area contributed by atoms with Gasteiger partial charge in [0.1, 0.15) is 0 Å². The number of carbonyl (C=O) groups is 2. The first kappa shape index (κ1) is 21.5. The number of anilines is 2. The van der Waals surface area contributed by atoms with Crippen LogP contribution in [0.3, 0.4) is 0 Å². The predicted octanol–water partition coefficient (Wildman–Crippen LogP) is 3.91. The second-order valence-electron chi connectivity index (χ2n) is 8.92. The monoisotopic (exact) mass is 381 g/mol. The molecule has 0 saturated carbocycles. The molecule has 0 heterocycles. The smallest absolute Gasteiger partial charge is 0.313 e. The molecule has 4 N–H and O–H groups in total. The first-order chi connectivity index (χ1) is 12.9. The van der Waals surface area contributed by atoms with Crippen LogP contribution in [-0.4, -0.2) is 18.4 Å². The molecule has 0 aromatic heterocycles. The molecule has 0 unspecified atom stereocenters. The van der Waals surface area contributed by atoms with Gasteiger partial charge in [-0.15, -0.1) is 0 Å². The minimum Gasteiger partial charge on any atom is -0.399 e. The Morgan fingerprint density at radius 2 is 1.46 bits per heavy atom. The topological polar surface area (TPSA) is 84.2 Å². The molecule has 5 nitrogen and oxygen atoms in total. The number of nitrogen functional groups attached to an aromatic ring is 1. The van der Waals surface area contributed by atoms with Crippen molar-refractivity contribution in [2.24, 2.45) is 0 Å². The largest absolute Gasteiger partial charge is 0.399 e. The zero-order valence-electron chi connectivity index (χ0n) is 17.6. The number of rotatable bonds is 4. The molecule has 0 spiro atoms. The highest BCUT2D eigenvalue weighted by Gasteiger charge is 2.24. The number of nitrogens with two attached hydrogens (primary N) is 1. The average Bonchev–Trinajstić information content (AvgIpc) is 2.62. The Labute approximate surface area is 167 Å². The second kappa shape index (κ2) is 8.05. The molecule has 5 heteroatoms. The summed E-state index contributed by atoms with van der Waals surface area (Å²) in [7, 11) is 0. The molecule has 0 atom stereocenters. The fourth-order valence-corrected chi connectivity index (χ4v) is 2.85. The number of hydrogen-bond acceptors (Lipinski definition) is 3. The molecule has 2 amide bonds. The van der Waals surface area contributed by atoms with Gasteiger partial charge in [0.05, 0.1) is 0 Å². The summed E-state index contributed by atoms with van der Waals surface area (Å²) in [5, 5.41) is 5.34. The minimum atomic E-state index is -0.692. The molecule has 0 aliphatic carbocycles. The quantitative estimate of drug-likeness (QED) is 0.555. The minimum absolute atomic E-state index is 0.0927.